The number of nitrogens with one attached hydrogen (secondary N) is 4. The highest BCUT2D eigenvalue weighted by Crippen LogP contribution is 2.19. The third kappa shape index (κ3) is 11.2. The molecule has 0 aliphatic carbocycles. The Bertz CT molecular complexity index is 2000. The fraction of sp³-hybridized carbons (Fsp3) is 0.114. The van der Waals surface area contributed by atoms with Crippen molar-refractivity contribution in [2.75, 3.05) is 29.2 Å². The number of hydrogen-bond acceptors (Lipinski definition) is 10. The quantitative estimate of drug-likeness (QED) is 0.0779. The highest BCUT2D eigenvalue weighted by atomic mass is 16.5. The van der Waals surface area contributed by atoms with Gasteiger partial charge in [0, 0.05) is 24.2 Å². The van der Waals surface area contributed by atoms with E-state index in [1.807, 2.05) is 0 Å². The number of nitrogens with two attached hydrogens (primary N) is 2. The predicted octanol–water partition coefficient (Wildman–Crippen LogP) is 3.50. The van der Waals surface area contributed by atoms with Crippen molar-refractivity contribution in [2.24, 2.45) is 0 Å². The van der Waals surface area contributed by atoms with Crippen molar-refractivity contribution in [2.45, 2.75) is 19.6 Å². The maximum absolute atomic E-state index is 12.3. The molecule has 1 aromatic heterocycles. The molecule has 5 rings (SSSR count). The fourth-order valence-electron chi connectivity index (χ4n) is 4.29. The summed E-state index contributed by atoms with van der Waals surface area (Å²) >= 11 is 0. The molecule has 5 aromatic rings. The lowest BCUT2D eigenvalue weighted by Crippen LogP contribution is -2.23. The van der Waals surface area contributed by atoms with E-state index in [2.05, 4.69) is 36.3 Å². The van der Waals surface area contributed by atoms with Crippen molar-refractivity contribution in [1.29, 1.82) is 0 Å². The van der Waals surface area contributed by atoms with E-state index in [0.29, 0.717) is 33.9 Å². The van der Waals surface area contributed by atoms with E-state index in [0.717, 1.165) is 11.1 Å². The molecule has 0 bridgehead atoms. The smallest absolute Gasteiger partial charge is 0.404 e. The lowest BCUT2D eigenvalue weighted by molar-refractivity contribution is -0.141. The first-order chi connectivity index (χ1) is 24.5. The van der Waals surface area contributed by atoms with Crippen molar-refractivity contribution < 1.29 is 33.8 Å². The highest BCUT2D eigenvalue weighted by molar-refractivity contribution is 6.06. The van der Waals surface area contributed by atoms with Crippen molar-refractivity contribution in [3.8, 4) is 0 Å². The van der Waals surface area contributed by atoms with Gasteiger partial charge in [-0.25, -0.2) is 9.48 Å². The highest BCUT2D eigenvalue weighted by Gasteiger charge is 2.13. The molecule has 9 N–H and O–H groups in total. The van der Waals surface area contributed by atoms with Crippen LogP contribution >= 0.6 is 0 Å². The fourth-order valence-corrected chi connectivity index (χ4v) is 4.29. The summed E-state index contributed by atoms with van der Waals surface area (Å²) < 4.78 is 5.75. The van der Waals surface area contributed by atoms with E-state index < -0.39 is 18.0 Å². The van der Waals surface area contributed by atoms with E-state index in [1.54, 1.807) is 97.1 Å². The average molecular weight is 694 g/mol. The second-order valence-electron chi connectivity index (χ2n) is 10.7. The van der Waals surface area contributed by atoms with Gasteiger partial charge in [0.2, 0.25) is 0 Å². The minimum Gasteiger partial charge on any atom is -0.468 e. The number of para-hydroxylation sites is 4. The third-order valence-electron chi connectivity index (χ3n) is 7.04. The topological polar surface area (TPSA) is 246 Å². The largest absolute Gasteiger partial charge is 0.468 e. The molecule has 0 saturated heterocycles. The number of carbonyl (C=O) groups excluding carboxylic acids is 4. The van der Waals surface area contributed by atoms with E-state index in [9.17, 15) is 24.0 Å². The maximum atomic E-state index is 12.3. The molecule has 16 nitrogen and oxygen atoms in total. The lowest BCUT2D eigenvalue weighted by atomic mass is 10.1. The second-order valence-corrected chi connectivity index (χ2v) is 10.7. The number of carboxylic acid groups (broad SMARTS) is 1. The molecule has 16 heteroatoms. The van der Waals surface area contributed by atoms with Crippen LogP contribution in [0.2, 0.25) is 0 Å². The van der Waals surface area contributed by atoms with Crippen LogP contribution in [-0.2, 0) is 29.2 Å². The molecule has 51 heavy (non-hydrogen) atoms. The molecule has 0 aliphatic heterocycles. The normalized spacial score (nSPS) is 10.1. The van der Waals surface area contributed by atoms with Crippen molar-refractivity contribution >= 4 is 52.5 Å². The molecule has 262 valence electrons. The van der Waals surface area contributed by atoms with E-state index in [4.69, 9.17) is 16.6 Å². The van der Waals surface area contributed by atoms with Crippen molar-refractivity contribution in [3.05, 3.63) is 131 Å². The van der Waals surface area contributed by atoms with Crippen molar-refractivity contribution in [3.63, 3.8) is 0 Å². The van der Waals surface area contributed by atoms with Crippen LogP contribution in [0.15, 0.2) is 103 Å². The minimum absolute atomic E-state index is 0.0790. The van der Waals surface area contributed by atoms with Gasteiger partial charge in [-0.3, -0.25) is 19.2 Å². The van der Waals surface area contributed by atoms with Crippen LogP contribution in [0.1, 0.15) is 42.3 Å². The molecule has 0 atom stereocenters. The maximum Gasteiger partial charge on any atom is 0.404 e. The van der Waals surface area contributed by atoms with Gasteiger partial charge in [0.25, 0.3) is 17.7 Å². The summed E-state index contributed by atoms with van der Waals surface area (Å²) in [6.07, 6.45) is 0.269. The second kappa shape index (κ2) is 17.8. The van der Waals surface area contributed by atoms with E-state index in [-0.39, 0.29) is 37.1 Å². The summed E-state index contributed by atoms with van der Waals surface area (Å²) in [6, 6.07) is 27.4. The first kappa shape index (κ1) is 36.6. The van der Waals surface area contributed by atoms with Gasteiger partial charge in [-0.05, 0) is 59.7 Å². The lowest BCUT2D eigenvalue weighted by Gasteiger charge is -2.08. The number of hydrogen-bond donors (Lipinski definition) is 7. The zero-order chi connectivity index (χ0) is 36.8. The molecule has 0 aliphatic rings. The first-order valence-corrected chi connectivity index (χ1v) is 15.2. The molecule has 0 spiro atoms. The molecule has 4 aromatic carbocycles. The van der Waals surface area contributed by atoms with Gasteiger partial charge in [0.15, 0.2) is 5.69 Å². The Labute approximate surface area is 291 Å². The summed E-state index contributed by atoms with van der Waals surface area (Å²) in [5.41, 5.74) is 16.2. The average Bonchev–Trinajstić information content (AvgIpc) is 3.60. The molecule has 0 unspecified atom stereocenters. The van der Waals surface area contributed by atoms with Gasteiger partial charge >= 0.3 is 12.1 Å². The van der Waals surface area contributed by atoms with Gasteiger partial charge in [-0.2, -0.15) is 0 Å². The first-order valence-electron chi connectivity index (χ1n) is 15.2. The number of carbonyl (C=O) groups is 5. The Morgan fingerprint density at radius 3 is 1.61 bits per heavy atom. The Hall–Kier alpha value is -7.23. The van der Waals surface area contributed by atoms with Gasteiger partial charge < -0.3 is 42.6 Å². The number of nitrogen functional groups attached to an aromatic ring is 2. The number of anilines is 4. The number of methoxy groups -OCH3 is 1. The van der Waals surface area contributed by atoms with Crippen LogP contribution in [0.25, 0.3) is 0 Å². The van der Waals surface area contributed by atoms with Gasteiger partial charge in [0.05, 0.1) is 36.1 Å². The van der Waals surface area contributed by atoms with Crippen LogP contribution in [0.5, 0.6) is 0 Å². The Balaban J connectivity index is 0.000000244. The number of rotatable bonds is 11. The summed E-state index contributed by atoms with van der Waals surface area (Å²) in [6.45, 7) is 0.300. The van der Waals surface area contributed by atoms with Crippen LogP contribution in [0, 0.1) is 0 Å². The Morgan fingerprint density at radius 1 is 0.686 bits per heavy atom. The number of aromatic nitrogens is 3. The number of amides is 4. The molecule has 0 fully saturated rings. The van der Waals surface area contributed by atoms with Crippen LogP contribution in [-0.4, -0.2) is 57.0 Å². The summed E-state index contributed by atoms with van der Waals surface area (Å²) in [7, 11) is 1.26. The van der Waals surface area contributed by atoms with Gasteiger partial charge in [-0.15, -0.1) is 5.10 Å². The SMILES string of the molecule is COC(=O)Cn1cc(C(=O)NCc2ccc(C(=O)Nc3ccccc3N)cc2)nn1.Nc1ccccc1NC(=O)c1ccc(CNC(=O)O)cc1. The molecule has 0 radical (unpaired) electrons. The van der Waals surface area contributed by atoms with Gasteiger partial charge in [-0.1, -0.05) is 53.7 Å². The minimum atomic E-state index is -1.09. The van der Waals surface area contributed by atoms with E-state index >= 15 is 0 Å². The van der Waals surface area contributed by atoms with Crippen LogP contribution in [0.4, 0.5) is 27.5 Å². The van der Waals surface area contributed by atoms with E-state index in [1.165, 1.54) is 18.0 Å². The van der Waals surface area contributed by atoms with Crippen LogP contribution < -0.4 is 32.7 Å². The molecular formula is C35H35N9O7. The summed E-state index contributed by atoms with van der Waals surface area (Å²) in [5, 5.41) is 26.4. The zero-order valence-electron chi connectivity index (χ0n) is 27.3. The Morgan fingerprint density at radius 2 is 1.16 bits per heavy atom. The summed E-state index contributed by atoms with van der Waals surface area (Å²) in [5.74, 6) is -1.49. The van der Waals surface area contributed by atoms with Crippen molar-refractivity contribution in [1.82, 2.24) is 25.6 Å². The molecular weight excluding hydrogens is 658 g/mol. The number of benzene rings is 4. The van der Waals surface area contributed by atoms with Gasteiger partial charge in [0.1, 0.15) is 6.54 Å². The number of esters is 1. The monoisotopic (exact) mass is 693 g/mol. The zero-order valence-corrected chi connectivity index (χ0v) is 27.3. The Kier molecular flexibility index (Phi) is 12.8. The number of nitrogens with zero attached hydrogens (tertiary/aromatic N) is 3. The third-order valence-corrected chi connectivity index (χ3v) is 7.04. The molecule has 4 amide bonds. The standard InChI is InChI=1S/C20H20N6O4.C15H15N3O3/c1-30-18(27)12-26-11-17(24-25-26)20(29)22-10-13-6-8-14(9-7-13)19(28)23-16-5-3-2-4-15(16)21;16-12-3-1-2-4-13(12)18-14(19)11-7-5-10(6-8-11)9-17-15(20)21/h2-9,11H,10,12,21H2,1H3,(H,22,29)(H,23,28);1-8,17H,9,16H2,(H,18,19)(H,20,21). The number of ether oxygens (including phenoxy) is 1. The summed E-state index contributed by atoms with van der Waals surface area (Å²) in [4.78, 5) is 58.2. The molecule has 0 saturated carbocycles. The van der Waals surface area contributed by atoms with Crippen LogP contribution in [0.3, 0.4) is 0 Å². The molecule has 1 heterocycles. The predicted molar refractivity (Wildman–Crippen MR) is 189 cm³/mol.